The molecule has 186 valence electrons. The molecule has 1 aromatic carbocycles. The number of nitrogens with zero attached hydrogens (tertiary/aromatic N) is 3. The smallest absolute Gasteiger partial charge is 0.434 e. The Balaban J connectivity index is 1.48. The molecule has 35 heavy (non-hydrogen) atoms. The molecule has 10 heteroatoms. The van der Waals surface area contributed by atoms with Gasteiger partial charge in [-0.3, -0.25) is 9.36 Å². The fourth-order valence-corrected chi connectivity index (χ4v) is 4.59. The number of pyridine rings is 1. The molecule has 0 amide bonds. The van der Waals surface area contributed by atoms with Gasteiger partial charge in [0, 0.05) is 18.4 Å². The van der Waals surface area contributed by atoms with Crippen LogP contribution in [0.5, 0.6) is 0 Å². The monoisotopic (exact) mass is 487 g/mol. The van der Waals surface area contributed by atoms with E-state index >= 15 is 0 Å². The Morgan fingerprint density at radius 3 is 2.37 bits per heavy atom. The average molecular weight is 488 g/mol. The number of carboxylic acid groups (broad SMARTS) is 1. The van der Waals surface area contributed by atoms with Crippen LogP contribution in [0.25, 0.3) is 5.82 Å². The van der Waals surface area contributed by atoms with Crippen molar-refractivity contribution >= 4 is 17.3 Å². The minimum Gasteiger partial charge on any atom is -0.481 e. The van der Waals surface area contributed by atoms with Gasteiger partial charge in [-0.1, -0.05) is 26.0 Å². The Kier molecular flexibility index (Phi) is 6.73. The summed E-state index contributed by atoms with van der Waals surface area (Å²) in [6, 6.07) is 11.4. The van der Waals surface area contributed by atoms with Gasteiger partial charge < -0.3 is 15.7 Å². The maximum Gasteiger partial charge on any atom is 0.434 e. The molecule has 0 radical (unpaired) electrons. The minimum absolute atomic E-state index is 0.0359. The second-order valence-corrected chi connectivity index (χ2v) is 9.72. The summed E-state index contributed by atoms with van der Waals surface area (Å²) in [4.78, 5) is 18.4. The number of imidazole rings is 1. The van der Waals surface area contributed by atoms with E-state index in [0.29, 0.717) is 18.3 Å². The van der Waals surface area contributed by atoms with E-state index in [0.717, 1.165) is 42.3 Å². The standard InChI is InChI=1S/C25H28F3N5O2/c1-24(2)11-17(12-24)23(16-3-5-18(6-4-16)29-10-9-22(34)35)32-19-7-8-21(30-13-19)33-14-20(31-15-33)25(26,27)28/h3-8,13-15,17,23,29,32H,9-12H2,1-2H3,(H,34,35). The zero-order valence-corrected chi connectivity index (χ0v) is 19.5. The first kappa shape index (κ1) is 24.6. The summed E-state index contributed by atoms with van der Waals surface area (Å²) in [5, 5.41) is 15.5. The van der Waals surface area contributed by atoms with Crippen LogP contribution in [0.15, 0.2) is 55.1 Å². The molecule has 3 N–H and O–H groups in total. The molecule has 1 atom stereocenters. The molecular weight excluding hydrogens is 459 g/mol. The molecule has 4 rings (SSSR count). The number of aromatic nitrogens is 3. The minimum atomic E-state index is -4.50. The molecule has 7 nitrogen and oxygen atoms in total. The Hall–Kier alpha value is -3.56. The fraction of sp³-hybridized carbons (Fsp3) is 0.400. The van der Waals surface area contributed by atoms with E-state index in [2.05, 4.69) is 34.4 Å². The van der Waals surface area contributed by atoms with E-state index in [9.17, 15) is 18.0 Å². The lowest BCUT2D eigenvalue weighted by molar-refractivity contribution is -0.141. The Labute approximate surface area is 201 Å². The molecule has 0 bridgehead atoms. The molecule has 1 aliphatic rings. The van der Waals surface area contributed by atoms with Crippen molar-refractivity contribution in [1.29, 1.82) is 0 Å². The number of carbonyl (C=O) groups is 1. The number of alkyl halides is 3. The number of anilines is 2. The van der Waals surface area contributed by atoms with Crippen LogP contribution in [0, 0.1) is 11.3 Å². The van der Waals surface area contributed by atoms with Gasteiger partial charge in [0.1, 0.15) is 12.1 Å². The van der Waals surface area contributed by atoms with Crippen molar-refractivity contribution in [3.05, 3.63) is 66.4 Å². The lowest BCUT2D eigenvalue weighted by Gasteiger charge is -2.47. The molecule has 3 aromatic rings. The third-order valence-corrected chi connectivity index (χ3v) is 6.25. The first-order valence-corrected chi connectivity index (χ1v) is 11.4. The summed E-state index contributed by atoms with van der Waals surface area (Å²) in [7, 11) is 0. The van der Waals surface area contributed by atoms with Crippen LogP contribution in [0.3, 0.4) is 0 Å². The molecular formula is C25H28F3N5O2. The van der Waals surface area contributed by atoms with Crippen molar-refractivity contribution in [2.24, 2.45) is 11.3 Å². The molecule has 2 heterocycles. The largest absolute Gasteiger partial charge is 0.481 e. The highest BCUT2D eigenvalue weighted by atomic mass is 19.4. The van der Waals surface area contributed by atoms with Gasteiger partial charge >= 0.3 is 12.1 Å². The highest BCUT2D eigenvalue weighted by molar-refractivity contribution is 5.67. The van der Waals surface area contributed by atoms with Crippen LogP contribution >= 0.6 is 0 Å². The lowest BCUT2D eigenvalue weighted by atomic mass is 9.61. The van der Waals surface area contributed by atoms with Crippen LogP contribution in [0.4, 0.5) is 24.5 Å². The number of hydrogen-bond donors (Lipinski definition) is 3. The maximum absolute atomic E-state index is 12.8. The van der Waals surface area contributed by atoms with Crippen LogP contribution in [-0.2, 0) is 11.0 Å². The topological polar surface area (TPSA) is 92.1 Å². The number of rotatable bonds is 9. The zero-order valence-electron chi connectivity index (χ0n) is 19.5. The van der Waals surface area contributed by atoms with Gasteiger partial charge in [-0.05, 0) is 54.0 Å². The number of aliphatic carboxylic acids is 1. The van der Waals surface area contributed by atoms with Crippen molar-refractivity contribution in [2.75, 3.05) is 17.2 Å². The van der Waals surface area contributed by atoms with E-state index < -0.39 is 17.8 Å². The third-order valence-electron chi connectivity index (χ3n) is 6.25. The van der Waals surface area contributed by atoms with Crippen molar-refractivity contribution in [2.45, 2.75) is 45.3 Å². The van der Waals surface area contributed by atoms with Crippen molar-refractivity contribution in [3.63, 3.8) is 0 Å². The molecule has 2 aromatic heterocycles. The summed E-state index contributed by atoms with van der Waals surface area (Å²) < 4.78 is 39.8. The normalized spacial score (nSPS) is 16.4. The van der Waals surface area contributed by atoms with Gasteiger partial charge in [0.25, 0.3) is 0 Å². The van der Waals surface area contributed by atoms with Gasteiger partial charge in [0.05, 0.1) is 24.3 Å². The maximum atomic E-state index is 12.8. The van der Waals surface area contributed by atoms with Gasteiger partial charge in [0.2, 0.25) is 0 Å². The van der Waals surface area contributed by atoms with Gasteiger partial charge in [0.15, 0.2) is 5.69 Å². The Morgan fingerprint density at radius 1 is 1.14 bits per heavy atom. The number of benzene rings is 1. The highest BCUT2D eigenvalue weighted by Gasteiger charge is 2.41. The number of nitrogens with one attached hydrogen (secondary N) is 2. The molecule has 1 fully saturated rings. The molecule has 0 aliphatic heterocycles. The van der Waals surface area contributed by atoms with Gasteiger partial charge in [-0.25, -0.2) is 9.97 Å². The summed E-state index contributed by atoms with van der Waals surface area (Å²) in [5.74, 6) is -0.0883. The molecule has 1 unspecified atom stereocenters. The summed E-state index contributed by atoms with van der Waals surface area (Å²) >= 11 is 0. The van der Waals surface area contributed by atoms with Crippen LogP contribution in [-0.4, -0.2) is 32.2 Å². The highest BCUT2D eigenvalue weighted by Crippen LogP contribution is 2.51. The number of carboxylic acids is 1. The van der Waals surface area contributed by atoms with E-state index in [-0.39, 0.29) is 17.9 Å². The van der Waals surface area contributed by atoms with Gasteiger partial charge in [-0.15, -0.1) is 0 Å². The predicted molar refractivity (Wildman–Crippen MR) is 126 cm³/mol. The van der Waals surface area contributed by atoms with E-state index in [1.807, 2.05) is 24.3 Å². The van der Waals surface area contributed by atoms with Crippen LogP contribution in [0.1, 0.15) is 50.4 Å². The first-order chi connectivity index (χ1) is 16.5. The van der Waals surface area contributed by atoms with Crippen molar-refractivity contribution < 1.29 is 23.1 Å². The fourth-order valence-electron chi connectivity index (χ4n) is 4.59. The molecule has 1 saturated carbocycles. The van der Waals surface area contributed by atoms with Crippen molar-refractivity contribution in [1.82, 2.24) is 14.5 Å². The SMILES string of the molecule is CC1(C)CC(C(Nc2ccc(-n3cnc(C(F)(F)F)c3)nc2)c2ccc(NCCC(=O)O)cc2)C1. The quantitative estimate of drug-likeness (QED) is 0.355. The second kappa shape index (κ2) is 9.59. The second-order valence-electron chi connectivity index (χ2n) is 9.72. The average Bonchev–Trinajstić information content (AvgIpc) is 3.28. The molecule has 1 aliphatic carbocycles. The van der Waals surface area contributed by atoms with Crippen LogP contribution in [0.2, 0.25) is 0 Å². The zero-order chi connectivity index (χ0) is 25.2. The molecule has 0 saturated heterocycles. The third kappa shape index (κ3) is 6.12. The van der Waals surface area contributed by atoms with E-state index in [4.69, 9.17) is 5.11 Å². The number of hydrogen-bond acceptors (Lipinski definition) is 5. The molecule has 0 spiro atoms. The Morgan fingerprint density at radius 2 is 1.83 bits per heavy atom. The summed E-state index contributed by atoms with van der Waals surface area (Å²) in [6.45, 7) is 4.84. The van der Waals surface area contributed by atoms with Crippen LogP contribution < -0.4 is 10.6 Å². The first-order valence-electron chi connectivity index (χ1n) is 11.4. The lowest BCUT2D eigenvalue weighted by Crippen LogP contribution is -2.38. The van der Waals surface area contributed by atoms with Gasteiger partial charge in [-0.2, -0.15) is 13.2 Å². The Bertz CT molecular complexity index is 1150. The van der Waals surface area contributed by atoms with E-state index in [1.165, 1.54) is 4.57 Å². The number of halogens is 3. The summed E-state index contributed by atoms with van der Waals surface area (Å²) in [5.41, 5.74) is 2.04. The van der Waals surface area contributed by atoms with Crippen molar-refractivity contribution in [3.8, 4) is 5.82 Å². The van der Waals surface area contributed by atoms with E-state index in [1.54, 1.807) is 18.3 Å². The summed E-state index contributed by atoms with van der Waals surface area (Å²) in [6.07, 6.45) is 1.29. The predicted octanol–water partition coefficient (Wildman–Crippen LogP) is 5.76.